The van der Waals surface area contributed by atoms with E-state index in [0.29, 0.717) is 18.3 Å². The first-order valence-corrected chi connectivity index (χ1v) is 10.6. The maximum absolute atomic E-state index is 11.5. The highest BCUT2D eigenvalue weighted by Crippen LogP contribution is 2.27. The van der Waals surface area contributed by atoms with Crippen LogP contribution >= 0.6 is 0 Å². The van der Waals surface area contributed by atoms with Crippen LogP contribution in [0.2, 0.25) is 0 Å². The van der Waals surface area contributed by atoms with Gasteiger partial charge in [-0.1, -0.05) is 78.0 Å². The molecule has 0 bridgehead atoms. The molecule has 6 nitrogen and oxygen atoms in total. The molecule has 1 aromatic heterocycles. The second-order valence-corrected chi connectivity index (χ2v) is 7.75. The summed E-state index contributed by atoms with van der Waals surface area (Å²) in [6, 6.07) is 28.1. The van der Waals surface area contributed by atoms with Crippen molar-refractivity contribution in [1.82, 2.24) is 15.0 Å². The Kier molecular flexibility index (Phi) is 6.72. The van der Waals surface area contributed by atoms with E-state index in [1.807, 2.05) is 66.7 Å². The molecule has 4 rings (SSSR count). The summed E-state index contributed by atoms with van der Waals surface area (Å²) in [5.74, 6) is 1.06. The van der Waals surface area contributed by atoms with Crippen LogP contribution in [0.25, 0.3) is 11.4 Å². The Morgan fingerprint density at radius 2 is 1.69 bits per heavy atom. The molecule has 1 heterocycles. The van der Waals surface area contributed by atoms with Crippen LogP contribution in [0.4, 0.5) is 5.69 Å². The third-order valence-corrected chi connectivity index (χ3v) is 5.30. The predicted octanol–water partition coefficient (Wildman–Crippen LogP) is 5.46. The molecule has 1 N–H and O–H groups in total. The second-order valence-electron chi connectivity index (χ2n) is 7.75. The lowest BCUT2D eigenvalue weighted by molar-refractivity contribution is -0.114. The largest absolute Gasteiger partial charge is 0.338 e. The van der Waals surface area contributed by atoms with Crippen LogP contribution in [0, 0.1) is 0 Å². The fourth-order valence-electron chi connectivity index (χ4n) is 3.64. The van der Waals surface area contributed by atoms with Crippen LogP contribution < -0.4 is 5.32 Å². The van der Waals surface area contributed by atoms with Gasteiger partial charge >= 0.3 is 0 Å². The van der Waals surface area contributed by atoms with Crippen molar-refractivity contribution in [3.63, 3.8) is 0 Å². The smallest absolute Gasteiger partial charge is 0.241 e. The Morgan fingerprint density at radius 3 is 2.41 bits per heavy atom. The number of nitrogens with one attached hydrogen (secondary N) is 1. The van der Waals surface area contributed by atoms with E-state index < -0.39 is 0 Å². The zero-order valence-corrected chi connectivity index (χ0v) is 18.2. The van der Waals surface area contributed by atoms with Crippen molar-refractivity contribution >= 4 is 11.6 Å². The number of benzene rings is 3. The van der Waals surface area contributed by atoms with Gasteiger partial charge in [-0.05, 0) is 30.2 Å². The summed E-state index contributed by atoms with van der Waals surface area (Å²) >= 11 is 0. The van der Waals surface area contributed by atoms with Crippen LogP contribution in [-0.2, 0) is 17.9 Å². The van der Waals surface area contributed by atoms with Crippen LogP contribution in [0.1, 0.15) is 36.9 Å². The standard InChI is InChI=1S/C26H26N4O2/c1-19(23-14-9-15-24(16-23)27-20(2)31)30(17-21-10-5-3-6-11-21)18-25-28-26(29-32-25)22-12-7-4-8-13-22/h3-16,19H,17-18H2,1-2H3,(H,27,31)/t19-/m1/s1. The summed E-state index contributed by atoms with van der Waals surface area (Å²) in [4.78, 5) is 18.4. The molecule has 0 spiro atoms. The second kappa shape index (κ2) is 10.0. The van der Waals surface area contributed by atoms with Gasteiger partial charge in [-0.2, -0.15) is 4.98 Å². The quantitative estimate of drug-likeness (QED) is 0.405. The highest BCUT2D eigenvalue weighted by atomic mass is 16.5. The van der Waals surface area contributed by atoms with Gasteiger partial charge < -0.3 is 9.84 Å². The Hall–Kier alpha value is -3.77. The lowest BCUT2D eigenvalue weighted by Crippen LogP contribution is -2.26. The van der Waals surface area contributed by atoms with E-state index in [4.69, 9.17) is 4.52 Å². The van der Waals surface area contributed by atoms with Gasteiger partial charge in [0.2, 0.25) is 17.6 Å². The van der Waals surface area contributed by atoms with Crippen molar-refractivity contribution in [1.29, 1.82) is 0 Å². The summed E-state index contributed by atoms with van der Waals surface area (Å²) in [6.45, 7) is 4.87. The molecule has 0 saturated heterocycles. The van der Waals surface area contributed by atoms with Crippen molar-refractivity contribution in [2.45, 2.75) is 33.0 Å². The number of hydrogen-bond acceptors (Lipinski definition) is 5. The average molecular weight is 427 g/mol. The summed E-state index contributed by atoms with van der Waals surface area (Å²) in [7, 11) is 0. The molecule has 0 aliphatic rings. The van der Waals surface area contributed by atoms with Gasteiger partial charge in [0.1, 0.15) is 0 Å². The zero-order valence-electron chi connectivity index (χ0n) is 18.2. The zero-order chi connectivity index (χ0) is 22.3. The number of carbonyl (C=O) groups is 1. The lowest BCUT2D eigenvalue weighted by Gasteiger charge is -2.28. The molecular weight excluding hydrogens is 400 g/mol. The number of amides is 1. The van der Waals surface area contributed by atoms with Crippen molar-refractivity contribution in [3.05, 3.63) is 102 Å². The molecule has 32 heavy (non-hydrogen) atoms. The van der Waals surface area contributed by atoms with Gasteiger partial charge in [0.15, 0.2) is 0 Å². The van der Waals surface area contributed by atoms with E-state index in [0.717, 1.165) is 23.4 Å². The molecule has 6 heteroatoms. The monoisotopic (exact) mass is 426 g/mol. The summed E-state index contributed by atoms with van der Waals surface area (Å²) < 4.78 is 5.59. The topological polar surface area (TPSA) is 71.3 Å². The predicted molar refractivity (Wildman–Crippen MR) is 125 cm³/mol. The fraction of sp³-hybridized carbons (Fsp3) is 0.192. The van der Waals surface area contributed by atoms with E-state index in [-0.39, 0.29) is 11.9 Å². The maximum Gasteiger partial charge on any atom is 0.241 e. The SMILES string of the molecule is CC(=O)Nc1cccc([C@@H](C)N(Cc2ccccc2)Cc2nc(-c3ccccc3)no2)c1. The minimum atomic E-state index is -0.0877. The molecule has 0 aliphatic heterocycles. The van der Waals surface area contributed by atoms with E-state index in [1.165, 1.54) is 12.5 Å². The van der Waals surface area contributed by atoms with E-state index in [2.05, 4.69) is 45.5 Å². The molecule has 4 aromatic rings. The molecule has 0 radical (unpaired) electrons. The van der Waals surface area contributed by atoms with E-state index in [9.17, 15) is 4.79 Å². The number of aromatic nitrogens is 2. The summed E-state index contributed by atoms with van der Waals surface area (Å²) in [5, 5.41) is 7.03. The Labute approximate surface area is 187 Å². The highest BCUT2D eigenvalue weighted by molar-refractivity contribution is 5.88. The minimum absolute atomic E-state index is 0.0518. The van der Waals surface area contributed by atoms with Crippen LogP contribution in [-0.4, -0.2) is 20.9 Å². The maximum atomic E-state index is 11.5. The van der Waals surface area contributed by atoms with Crippen molar-refractivity contribution in [2.24, 2.45) is 0 Å². The van der Waals surface area contributed by atoms with Crippen molar-refractivity contribution in [2.75, 3.05) is 5.32 Å². The van der Waals surface area contributed by atoms with Gasteiger partial charge in [0, 0.05) is 30.8 Å². The molecule has 0 fully saturated rings. The average Bonchev–Trinajstić information content (AvgIpc) is 3.28. The van der Waals surface area contributed by atoms with E-state index >= 15 is 0 Å². The third-order valence-electron chi connectivity index (χ3n) is 5.30. The van der Waals surface area contributed by atoms with Crippen LogP contribution in [0.3, 0.4) is 0 Å². The third kappa shape index (κ3) is 5.47. The first-order valence-electron chi connectivity index (χ1n) is 10.6. The van der Waals surface area contributed by atoms with Gasteiger partial charge in [0.05, 0.1) is 6.54 Å². The van der Waals surface area contributed by atoms with E-state index in [1.54, 1.807) is 0 Å². The first kappa shape index (κ1) is 21.5. The van der Waals surface area contributed by atoms with Crippen LogP contribution in [0.5, 0.6) is 0 Å². The molecule has 0 unspecified atom stereocenters. The first-order chi connectivity index (χ1) is 15.6. The van der Waals surface area contributed by atoms with Gasteiger partial charge in [0.25, 0.3) is 0 Å². The summed E-state index contributed by atoms with van der Waals surface area (Å²) in [5.41, 5.74) is 3.99. The normalized spacial score (nSPS) is 12.0. The Balaban J connectivity index is 1.59. The molecule has 0 saturated carbocycles. The van der Waals surface area contributed by atoms with Crippen molar-refractivity contribution < 1.29 is 9.32 Å². The minimum Gasteiger partial charge on any atom is -0.338 e. The molecule has 0 aliphatic carbocycles. The number of rotatable bonds is 8. The number of hydrogen-bond donors (Lipinski definition) is 1. The Bertz CT molecular complexity index is 1160. The van der Waals surface area contributed by atoms with Crippen molar-refractivity contribution in [3.8, 4) is 11.4 Å². The highest BCUT2D eigenvalue weighted by Gasteiger charge is 2.20. The Morgan fingerprint density at radius 1 is 0.969 bits per heavy atom. The lowest BCUT2D eigenvalue weighted by atomic mass is 10.0. The molecule has 3 aromatic carbocycles. The number of anilines is 1. The van der Waals surface area contributed by atoms with Gasteiger partial charge in [-0.15, -0.1) is 0 Å². The van der Waals surface area contributed by atoms with Gasteiger partial charge in [-0.25, -0.2) is 0 Å². The molecule has 1 amide bonds. The number of nitrogens with zero attached hydrogens (tertiary/aromatic N) is 3. The number of carbonyl (C=O) groups excluding carboxylic acids is 1. The fourth-order valence-corrected chi connectivity index (χ4v) is 3.64. The van der Waals surface area contributed by atoms with Crippen LogP contribution in [0.15, 0.2) is 89.5 Å². The molecule has 162 valence electrons. The molecular formula is C26H26N4O2. The molecule has 1 atom stereocenters. The van der Waals surface area contributed by atoms with Gasteiger partial charge in [-0.3, -0.25) is 9.69 Å². The summed E-state index contributed by atoms with van der Waals surface area (Å²) in [6.07, 6.45) is 0.